The minimum atomic E-state index is -0.930. The number of ether oxygens (including phenoxy) is 2. The second kappa shape index (κ2) is 52.2. The Hall–Kier alpha value is -10.5. The normalized spacial score (nSPS) is 13.2. The molecule has 0 fully saturated rings. The molecule has 9 aromatic rings. The van der Waals surface area contributed by atoms with E-state index in [1.807, 2.05) is 32.6 Å². The molecule has 0 saturated heterocycles. The summed E-state index contributed by atoms with van der Waals surface area (Å²) in [6, 6.07) is 26.4. The number of fused-ring (bicyclic) bond motifs is 2. The summed E-state index contributed by atoms with van der Waals surface area (Å²) in [5.74, 6) is -2.64. The van der Waals surface area contributed by atoms with Gasteiger partial charge in [-0.3, -0.25) is 44.2 Å². The molecule has 632 valence electrons. The summed E-state index contributed by atoms with van der Waals surface area (Å²) >= 11 is 31.4. The zero-order valence-corrected chi connectivity index (χ0v) is 68.8. The fraction of sp³-hybridized carbons (Fsp3) is 0.307. The molecule has 0 radical (unpaired) electrons. The molecule has 0 bridgehead atoms. The van der Waals surface area contributed by atoms with Crippen LogP contribution in [-0.4, -0.2) is 152 Å². The summed E-state index contributed by atoms with van der Waals surface area (Å²) in [5, 5.41) is 40.2. The van der Waals surface area contributed by atoms with Gasteiger partial charge in [-0.05, 0) is 200 Å². The maximum Gasteiger partial charge on any atom is 0.330 e. The van der Waals surface area contributed by atoms with Crippen molar-refractivity contribution < 1.29 is 97.3 Å². The Morgan fingerprint density at radius 1 is 0.615 bits per heavy atom. The van der Waals surface area contributed by atoms with E-state index >= 15 is 0 Å². The van der Waals surface area contributed by atoms with Gasteiger partial charge in [-0.25, -0.2) is 46.7 Å². The van der Waals surface area contributed by atoms with Gasteiger partial charge >= 0.3 is 23.3 Å². The number of alkyl halides is 1. The number of carboxylic acid groups (broad SMARTS) is 1. The third kappa shape index (κ3) is 32.1. The van der Waals surface area contributed by atoms with Crippen molar-refractivity contribution in [3.05, 3.63) is 227 Å². The van der Waals surface area contributed by atoms with Gasteiger partial charge in [0.2, 0.25) is 38.0 Å². The number of hydrogen-bond donors (Lipinski definition) is 4. The predicted molar refractivity (Wildman–Crippen MR) is 437 cm³/mol. The number of halogens is 11. The summed E-state index contributed by atoms with van der Waals surface area (Å²) in [6.45, 7) is 9.91. The van der Waals surface area contributed by atoms with Crippen LogP contribution in [-0.2, 0) is 61.7 Å². The molecule has 42 heteroatoms. The van der Waals surface area contributed by atoms with Crippen LogP contribution >= 0.6 is 73.9 Å². The van der Waals surface area contributed by atoms with Crippen molar-refractivity contribution in [2.45, 2.75) is 124 Å². The van der Waals surface area contributed by atoms with Gasteiger partial charge in [0.25, 0.3) is 5.97 Å². The van der Waals surface area contributed by atoms with Crippen LogP contribution in [0.25, 0.3) is 0 Å². The molecule has 5 atom stereocenters. The van der Waals surface area contributed by atoms with Gasteiger partial charge in [0, 0.05) is 77.7 Å². The van der Waals surface area contributed by atoms with Gasteiger partial charge in [0.1, 0.15) is 76.5 Å². The number of methoxy groups -OCH3 is 2. The number of aliphatic hydroxyl groups excluding tert-OH is 1. The number of nitrogen functional groups attached to an aromatic ring is 1. The summed E-state index contributed by atoms with van der Waals surface area (Å²) in [4.78, 5) is 125. The van der Waals surface area contributed by atoms with Gasteiger partial charge in [-0.1, -0.05) is 77.0 Å². The number of likely N-dealkylation sites (N-methyl/N-ethyl adjacent to an activating group) is 1. The topological polar surface area (TPSA) is 402 Å². The predicted octanol–water partition coefficient (Wildman–Crippen LogP) is 17.1. The Kier molecular flexibility index (Phi) is 46.7. The van der Waals surface area contributed by atoms with Crippen molar-refractivity contribution in [1.82, 2.24) is 39.9 Å². The number of aromatic nitrogens is 8. The molecule has 0 saturated carbocycles. The van der Waals surface area contributed by atoms with Gasteiger partial charge in [0.05, 0.1) is 42.3 Å². The fourth-order valence-electron chi connectivity index (χ4n) is 10.0. The number of Topliss-reactive ketones (excluding diaryl/α,β-unsaturated/α-hetero) is 2. The first kappa shape index (κ1) is 105. The molecule has 117 heavy (non-hydrogen) atoms. The van der Waals surface area contributed by atoms with E-state index in [0.29, 0.717) is 71.4 Å². The summed E-state index contributed by atoms with van der Waals surface area (Å²) < 4.78 is 73.4. The van der Waals surface area contributed by atoms with E-state index in [4.69, 9.17) is 83.5 Å². The number of carboxylic acids is 1. The maximum atomic E-state index is 13.3. The van der Waals surface area contributed by atoms with E-state index in [2.05, 4.69) is 65.9 Å². The van der Waals surface area contributed by atoms with Crippen LogP contribution in [0.3, 0.4) is 0 Å². The fourth-order valence-corrected chi connectivity index (χ4v) is 11.0. The Morgan fingerprint density at radius 2 is 1.03 bits per heavy atom. The number of esters is 2. The molecule has 1 amide bonds. The standard InChI is InChI=1S/C15H14ClFN4O4.C15H14ClFN4O.C15H13ClFN3O.C11H14FNO2.C6H6FN.C5H9BrO2.C4HCl2N3O2.C2H4O2.2CH4.Fe/c1-3-11(14(22)25-2)20(10-6-4-9(17)5-7-10)13-12(21(23)24)8-18-15(16)19-13;1-3-11-14(22)20(2)12-8-18-15(16)19-13(12)21(11)10-6-4-9(17)5-7-10;1-2-12-13(21)7-9-8-18-15(16)19-14(9)20(12)11-5-3-10(17)4-6-11;1-2-10(11(15)7-14)13-9-5-3-8(12)4-6-9;7-5-1-3-6(8)4-2-5;1-3-4(6)5(7)8-2;5-3-2(9(10)11)1-7-4(6)8-3;1-2(3)4;;;/h4-8,11H,3H2,1-2H3;4-8,11H,3H2,1-2H3;3-6,8,12H,2,7H2,1H3;3-6,10,13-14H,2,7H2,1H3;1-4H,8H2;4H,3H2,1-2H3;1H;1H3,(H,3,4);2*1H4;. The average molecular weight is 1840 g/mol. The summed E-state index contributed by atoms with van der Waals surface area (Å²) in [5.41, 5.74) is 8.75. The number of benzene rings is 5. The Bertz CT molecular complexity index is 4700. The first-order valence-electron chi connectivity index (χ1n) is 33.7. The van der Waals surface area contributed by atoms with Crippen molar-refractivity contribution in [3.8, 4) is 0 Å². The number of nitrogens with zero attached hydrogens (tertiary/aromatic N) is 14. The zero-order valence-electron chi connectivity index (χ0n) is 62.3. The Morgan fingerprint density at radius 3 is 1.44 bits per heavy atom. The molecule has 4 aromatic heterocycles. The number of nitrogens with two attached hydrogens (primary N) is 1. The Labute approximate surface area is 714 Å². The number of hydrogen-bond acceptors (Lipinski definition) is 26. The number of aliphatic carboxylic acids is 1. The number of ketones is 2. The van der Waals surface area contributed by atoms with Crippen LogP contribution in [0.2, 0.25) is 26.3 Å². The first-order valence-corrected chi connectivity index (χ1v) is 36.5. The smallest absolute Gasteiger partial charge is 0.330 e. The Balaban J connectivity index is 0.000000696. The summed E-state index contributed by atoms with van der Waals surface area (Å²) in [7, 11) is 4.27. The van der Waals surface area contributed by atoms with Crippen LogP contribution < -0.4 is 30.7 Å². The monoisotopic (exact) mass is 1840 g/mol. The van der Waals surface area contributed by atoms with Gasteiger partial charge < -0.3 is 50.3 Å². The van der Waals surface area contributed by atoms with Crippen molar-refractivity contribution in [2.24, 2.45) is 0 Å². The molecular formula is C75H83BrCl5F5FeN16O14. The minimum Gasteiger partial charge on any atom is -0.481 e. The molecule has 6 heterocycles. The van der Waals surface area contributed by atoms with Crippen molar-refractivity contribution in [3.63, 3.8) is 0 Å². The summed E-state index contributed by atoms with van der Waals surface area (Å²) in [6.07, 6.45) is 8.12. The van der Waals surface area contributed by atoms with Crippen molar-refractivity contribution in [1.29, 1.82) is 0 Å². The van der Waals surface area contributed by atoms with Gasteiger partial charge in [-0.2, -0.15) is 19.9 Å². The zero-order chi connectivity index (χ0) is 85.2. The molecule has 0 spiro atoms. The molecule has 2 aliphatic rings. The van der Waals surface area contributed by atoms with E-state index < -0.39 is 58.0 Å². The maximum absolute atomic E-state index is 13.3. The van der Waals surface area contributed by atoms with E-state index in [1.165, 1.54) is 115 Å². The molecule has 0 aliphatic carbocycles. The van der Waals surface area contributed by atoms with Crippen molar-refractivity contribution >= 4 is 172 Å². The number of nitro groups is 2. The second-order valence-electron chi connectivity index (χ2n) is 23.1. The number of aliphatic hydroxyl groups is 1. The molecule has 30 nitrogen and oxygen atoms in total. The first-order chi connectivity index (χ1) is 54.0. The molecule has 2 aliphatic heterocycles. The molecule has 11 rings (SSSR count). The number of anilines is 9. The van der Waals surface area contributed by atoms with E-state index in [9.17, 15) is 66.2 Å². The van der Waals surface area contributed by atoms with Gasteiger partial charge in [-0.15, -0.1) is 0 Å². The van der Waals surface area contributed by atoms with E-state index in [0.717, 1.165) is 31.3 Å². The number of nitrogens with one attached hydrogen (secondary N) is 1. The molecular weight excluding hydrogens is 1760 g/mol. The molecule has 5 aromatic carbocycles. The average Bonchev–Trinajstić information content (AvgIpc) is 0.765. The number of carbonyl (C=O) groups excluding carboxylic acids is 5. The molecule has 5 unspecified atom stereocenters. The second-order valence-corrected chi connectivity index (χ2v) is 25.9. The van der Waals surface area contributed by atoms with Crippen LogP contribution in [0.4, 0.5) is 84.9 Å². The van der Waals surface area contributed by atoms with E-state index in [1.54, 1.807) is 61.5 Å². The number of rotatable bonds is 18. The van der Waals surface area contributed by atoms with E-state index in [-0.39, 0.29) is 134 Å². The van der Waals surface area contributed by atoms with Gasteiger partial charge in [0.15, 0.2) is 17.4 Å². The van der Waals surface area contributed by atoms with Crippen LogP contribution in [0.15, 0.2) is 146 Å². The van der Waals surface area contributed by atoms with Crippen LogP contribution in [0.5, 0.6) is 0 Å². The molecule has 5 N–H and O–H groups in total. The minimum absolute atomic E-state index is 0. The van der Waals surface area contributed by atoms with Crippen LogP contribution in [0.1, 0.15) is 94.1 Å². The SMILES string of the molecule is C.C.CC(=O)O.CCC(Br)C(=O)OC.CCC(C(=O)OC)N(c1ccc(F)cc1)c1nc(Cl)ncc1[N+](=O)[O-].CCC(Nc1ccc(F)cc1)C(=O)CO.CCC1C(=O)Cc2cnc(Cl)nc2N1c1ccc(F)cc1.CCC1C(=O)N(C)c2cnc(Cl)nc2N1c1ccc(F)cc1.Nc1ccc(F)cc1.O=[N+]([O-])c1cnc(Cl)nc1Cl.[Fe]. The van der Waals surface area contributed by atoms with Crippen LogP contribution in [0, 0.1) is 49.3 Å². The van der Waals surface area contributed by atoms with Crippen molar-refractivity contribution in [2.75, 3.05) is 58.5 Å². The quantitative estimate of drug-likeness (QED) is 0.00713. The third-order valence-electron chi connectivity index (χ3n) is 15.4. The largest absolute Gasteiger partial charge is 0.481 e. The number of carbonyl (C=O) groups is 6. The third-order valence-corrected chi connectivity index (χ3v) is 17.5. The number of amides is 1.